The highest BCUT2D eigenvalue weighted by atomic mass is 16.5. The van der Waals surface area contributed by atoms with Crippen LogP contribution in [-0.4, -0.2) is 23.5 Å². The van der Waals surface area contributed by atoms with Gasteiger partial charge in [0.15, 0.2) is 5.43 Å². The Balaban J connectivity index is 2.05. The summed E-state index contributed by atoms with van der Waals surface area (Å²) in [5.74, 6) is 0.372. The van der Waals surface area contributed by atoms with Crippen LogP contribution in [0.3, 0.4) is 0 Å². The van der Waals surface area contributed by atoms with Crippen molar-refractivity contribution >= 4 is 11.6 Å². The van der Waals surface area contributed by atoms with E-state index in [0.29, 0.717) is 18.0 Å². The monoisotopic (exact) mass is 298 g/mol. The van der Waals surface area contributed by atoms with Crippen LogP contribution >= 0.6 is 0 Å². The van der Waals surface area contributed by atoms with E-state index >= 15 is 0 Å². The van der Waals surface area contributed by atoms with Gasteiger partial charge in [0, 0.05) is 18.0 Å². The summed E-state index contributed by atoms with van der Waals surface area (Å²) in [5.41, 5.74) is 2.37. The Morgan fingerprint density at radius 3 is 2.82 bits per heavy atom. The standard InChI is InChI=1S/C17H18N2O3/c1-10-4-5-14-16(6-10)22-12(3)9-19(14)17(21)13-8-18-11(2)7-15(13)20/h4-8,12H,9H2,1-3H3,(H,18,20)/t12-/m1/s1. The van der Waals surface area contributed by atoms with E-state index in [-0.39, 0.29) is 23.0 Å². The lowest BCUT2D eigenvalue weighted by atomic mass is 10.1. The highest BCUT2D eigenvalue weighted by molar-refractivity contribution is 6.07. The molecule has 0 saturated heterocycles. The first-order chi connectivity index (χ1) is 10.5. The summed E-state index contributed by atoms with van der Waals surface area (Å²) >= 11 is 0. The normalized spacial score (nSPS) is 16.9. The Kier molecular flexibility index (Phi) is 3.48. The van der Waals surface area contributed by atoms with Crippen LogP contribution in [0.2, 0.25) is 0 Å². The van der Waals surface area contributed by atoms with Gasteiger partial charge in [-0.1, -0.05) is 6.07 Å². The molecule has 5 heteroatoms. The van der Waals surface area contributed by atoms with Gasteiger partial charge in [-0.2, -0.15) is 0 Å². The highest BCUT2D eigenvalue weighted by Crippen LogP contribution is 2.34. The number of aromatic amines is 1. The second-order valence-corrected chi connectivity index (χ2v) is 5.71. The zero-order chi connectivity index (χ0) is 15.9. The van der Waals surface area contributed by atoms with E-state index in [2.05, 4.69) is 4.98 Å². The number of pyridine rings is 1. The number of aromatic nitrogens is 1. The number of hydrogen-bond acceptors (Lipinski definition) is 3. The molecule has 1 amide bonds. The summed E-state index contributed by atoms with van der Waals surface area (Å²) in [5, 5.41) is 0. The number of amides is 1. The van der Waals surface area contributed by atoms with Crippen molar-refractivity contribution < 1.29 is 9.53 Å². The number of rotatable bonds is 1. The number of ether oxygens (including phenoxy) is 1. The van der Waals surface area contributed by atoms with Gasteiger partial charge in [0.1, 0.15) is 17.4 Å². The number of H-pyrrole nitrogens is 1. The molecular weight excluding hydrogens is 280 g/mol. The van der Waals surface area contributed by atoms with Crippen LogP contribution < -0.4 is 15.1 Å². The van der Waals surface area contributed by atoms with Crippen molar-refractivity contribution in [3.8, 4) is 5.75 Å². The zero-order valence-corrected chi connectivity index (χ0v) is 12.8. The lowest BCUT2D eigenvalue weighted by Crippen LogP contribution is -2.43. The van der Waals surface area contributed by atoms with Crippen molar-refractivity contribution in [3.05, 3.63) is 57.5 Å². The van der Waals surface area contributed by atoms with Crippen LogP contribution in [0, 0.1) is 13.8 Å². The molecule has 0 fully saturated rings. The van der Waals surface area contributed by atoms with Crippen molar-refractivity contribution in [1.29, 1.82) is 0 Å². The molecular formula is C17H18N2O3. The third kappa shape index (κ3) is 2.50. The average Bonchev–Trinajstić information content (AvgIpc) is 2.45. The number of aryl methyl sites for hydroxylation is 2. The number of carbonyl (C=O) groups is 1. The van der Waals surface area contributed by atoms with Crippen LogP contribution in [0.1, 0.15) is 28.5 Å². The molecule has 0 unspecified atom stereocenters. The summed E-state index contributed by atoms with van der Waals surface area (Å²) in [6.45, 7) is 6.08. The molecule has 1 N–H and O–H groups in total. The lowest BCUT2D eigenvalue weighted by molar-refractivity contribution is 0.0959. The maximum Gasteiger partial charge on any atom is 0.263 e. The lowest BCUT2D eigenvalue weighted by Gasteiger charge is -2.33. The second-order valence-electron chi connectivity index (χ2n) is 5.71. The highest BCUT2D eigenvalue weighted by Gasteiger charge is 2.29. The Morgan fingerprint density at radius 2 is 2.09 bits per heavy atom. The summed E-state index contributed by atoms with van der Waals surface area (Å²) in [6.07, 6.45) is 1.36. The summed E-state index contributed by atoms with van der Waals surface area (Å²) in [4.78, 5) is 29.4. The van der Waals surface area contributed by atoms with Gasteiger partial charge in [0.05, 0.1) is 12.2 Å². The number of carbonyl (C=O) groups excluding carboxylic acids is 1. The first-order valence-corrected chi connectivity index (χ1v) is 7.24. The van der Waals surface area contributed by atoms with E-state index in [1.807, 2.05) is 32.0 Å². The number of hydrogen-bond donors (Lipinski definition) is 1. The Morgan fingerprint density at radius 1 is 1.32 bits per heavy atom. The third-order valence-corrected chi connectivity index (χ3v) is 3.71. The summed E-state index contributed by atoms with van der Waals surface area (Å²) < 4.78 is 5.80. The van der Waals surface area contributed by atoms with Gasteiger partial charge in [-0.05, 0) is 38.5 Å². The van der Waals surface area contributed by atoms with Crippen molar-refractivity contribution in [3.63, 3.8) is 0 Å². The molecule has 3 rings (SSSR count). The van der Waals surface area contributed by atoms with E-state index in [0.717, 1.165) is 11.3 Å². The topological polar surface area (TPSA) is 62.4 Å². The van der Waals surface area contributed by atoms with Gasteiger partial charge < -0.3 is 14.6 Å². The van der Waals surface area contributed by atoms with Crippen molar-refractivity contribution in [1.82, 2.24) is 4.98 Å². The number of benzene rings is 1. The van der Waals surface area contributed by atoms with E-state index in [1.165, 1.54) is 12.3 Å². The Hall–Kier alpha value is -2.56. The van der Waals surface area contributed by atoms with Crippen molar-refractivity contribution in [2.24, 2.45) is 0 Å². The number of fused-ring (bicyclic) bond motifs is 1. The van der Waals surface area contributed by atoms with Gasteiger partial charge >= 0.3 is 0 Å². The van der Waals surface area contributed by atoms with Crippen molar-refractivity contribution in [2.75, 3.05) is 11.4 Å². The molecule has 1 aromatic heterocycles. The first kappa shape index (κ1) is 14.4. The molecule has 1 aliphatic heterocycles. The summed E-state index contributed by atoms with van der Waals surface area (Å²) in [6, 6.07) is 7.13. The minimum atomic E-state index is -0.304. The van der Waals surface area contributed by atoms with Gasteiger partial charge in [0.25, 0.3) is 5.91 Å². The molecule has 1 aromatic carbocycles. The Labute approximate surface area is 128 Å². The van der Waals surface area contributed by atoms with Gasteiger partial charge in [-0.25, -0.2) is 0 Å². The second kappa shape index (κ2) is 5.33. The number of nitrogens with zero attached hydrogens (tertiary/aromatic N) is 1. The number of nitrogens with one attached hydrogen (secondary N) is 1. The van der Waals surface area contributed by atoms with E-state index in [1.54, 1.807) is 11.8 Å². The smallest absolute Gasteiger partial charge is 0.263 e. The fourth-order valence-corrected chi connectivity index (χ4v) is 2.63. The van der Waals surface area contributed by atoms with Gasteiger partial charge in [0.2, 0.25) is 0 Å². The predicted octanol–water partition coefficient (Wildman–Crippen LogP) is 2.42. The number of anilines is 1. The molecule has 1 aliphatic rings. The maximum absolute atomic E-state index is 12.8. The summed E-state index contributed by atoms with van der Waals surface area (Å²) in [7, 11) is 0. The SMILES string of the molecule is Cc1ccc2c(c1)O[C@H](C)CN2C(=O)c1c[nH]c(C)cc1=O. The molecule has 0 spiro atoms. The van der Waals surface area contributed by atoms with Crippen LogP contribution in [0.15, 0.2) is 35.3 Å². The predicted molar refractivity (Wildman–Crippen MR) is 84.7 cm³/mol. The minimum absolute atomic E-state index is 0.122. The van der Waals surface area contributed by atoms with Crippen LogP contribution in [-0.2, 0) is 0 Å². The average molecular weight is 298 g/mol. The fourth-order valence-electron chi connectivity index (χ4n) is 2.63. The van der Waals surface area contributed by atoms with E-state index in [9.17, 15) is 9.59 Å². The van der Waals surface area contributed by atoms with Crippen LogP contribution in [0.25, 0.3) is 0 Å². The first-order valence-electron chi connectivity index (χ1n) is 7.24. The molecule has 114 valence electrons. The molecule has 0 bridgehead atoms. The molecule has 0 radical (unpaired) electrons. The quantitative estimate of drug-likeness (QED) is 0.879. The molecule has 1 atom stereocenters. The molecule has 22 heavy (non-hydrogen) atoms. The van der Waals surface area contributed by atoms with Crippen LogP contribution in [0.4, 0.5) is 5.69 Å². The van der Waals surface area contributed by atoms with Gasteiger partial charge in [-0.3, -0.25) is 9.59 Å². The zero-order valence-electron chi connectivity index (χ0n) is 12.8. The van der Waals surface area contributed by atoms with Crippen molar-refractivity contribution in [2.45, 2.75) is 26.9 Å². The fraction of sp³-hybridized carbons (Fsp3) is 0.294. The molecule has 0 saturated carbocycles. The van der Waals surface area contributed by atoms with E-state index < -0.39 is 0 Å². The third-order valence-electron chi connectivity index (χ3n) is 3.71. The molecule has 2 heterocycles. The molecule has 0 aliphatic carbocycles. The molecule has 2 aromatic rings. The Bertz CT molecular complexity index is 795. The maximum atomic E-state index is 12.8. The van der Waals surface area contributed by atoms with Gasteiger partial charge in [-0.15, -0.1) is 0 Å². The largest absolute Gasteiger partial charge is 0.487 e. The molecule has 5 nitrogen and oxygen atoms in total. The minimum Gasteiger partial charge on any atom is -0.487 e. The van der Waals surface area contributed by atoms with Crippen LogP contribution in [0.5, 0.6) is 5.75 Å². The van der Waals surface area contributed by atoms with E-state index in [4.69, 9.17) is 4.74 Å².